The number of hydrogen-bond donors (Lipinski definition) is 2. The Bertz CT molecular complexity index is 386. The van der Waals surface area contributed by atoms with Crippen LogP contribution in [-0.4, -0.2) is 35.4 Å². The van der Waals surface area contributed by atoms with Crippen LogP contribution in [0.3, 0.4) is 0 Å². The SMILES string of the molecule is CCC1(C)CC(NC2C3CCC(C3)C2C(=O)O)CCO1. The number of carbonyl (C=O) groups is 1. The van der Waals surface area contributed by atoms with E-state index in [1.165, 1.54) is 6.42 Å². The monoisotopic (exact) mass is 281 g/mol. The number of rotatable bonds is 4. The van der Waals surface area contributed by atoms with Crippen molar-refractivity contribution in [3.8, 4) is 0 Å². The molecule has 114 valence electrons. The molecule has 0 aromatic carbocycles. The lowest BCUT2D eigenvalue weighted by molar-refractivity contribution is -0.144. The van der Waals surface area contributed by atoms with E-state index in [-0.39, 0.29) is 17.6 Å². The van der Waals surface area contributed by atoms with Gasteiger partial charge >= 0.3 is 5.97 Å². The third-order valence-electron chi connectivity index (χ3n) is 5.97. The van der Waals surface area contributed by atoms with Gasteiger partial charge in [-0.25, -0.2) is 0 Å². The van der Waals surface area contributed by atoms with Crippen LogP contribution < -0.4 is 5.32 Å². The maximum atomic E-state index is 11.6. The van der Waals surface area contributed by atoms with Crippen LogP contribution in [0.1, 0.15) is 52.4 Å². The molecule has 2 bridgehead atoms. The molecule has 0 spiro atoms. The summed E-state index contributed by atoms with van der Waals surface area (Å²) < 4.78 is 5.89. The van der Waals surface area contributed by atoms with Crippen molar-refractivity contribution in [3.05, 3.63) is 0 Å². The molecule has 2 aliphatic carbocycles. The number of ether oxygens (including phenoxy) is 1. The molecular weight excluding hydrogens is 254 g/mol. The molecule has 6 atom stereocenters. The number of hydrogen-bond acceptors (Lipinski definition) is 3. The quantitative estimate of drug-likeness (QED) is 0.831. The van der Waals surface area contributed by atoms with Gasteiger partial charge in [-0.15, -0.1) is 0 Å². The van der Waals surface area contributed by atoms with Crippen molar-refractivity contribution in [2.75, 3.05) is 6.61 Å². The molecule has 2 N–H and O–H groups in total. The van der Waals surface area contributed by atoms with E-state index in [4.69, 9.17) is 4.74 Å². The van der Waals surface area contributed by atoms with Gasteiger partial charge in [0, 0.05) is 18.7 Å². The first kappa shape index (κ1) is 14.3. The van der Waals surface area contributed by atoms with E-state index in [1.54, 1.807) is 0 Å². The van der Waals surface area contributed by atoms with Gasteiger partial charge in [-0.2, -0.15) is 0 Å². The lowest BCUT2D eigenvalue weighted by Gasteiger charge is -2.41. The molecule has 20 heavy (non-hydrogen) atoms. The van der Waals surface area contributed by atoms with Crippen molar-refractivity contribution in [3.63, 3.8) is 0 Å². The second-order valence-corrected chi connectivity index (χ2v) is 7.23. The van der Waals surface area contributed by atoms with E-state index in [2.05, 4.69) is 19.2 Å². The number of fused-ring (bicyclic) bond motifs is 2. The van der Waals surface area contributed by atoms with E-state index < -0.39 is 5.97 Å². The van der Waals surface area contributed by atoms with Crippen molar-refractivity contribution < 1.29 is 14.6 Å². The minimum atomic E-state index is -0.597. The molecule has 4 nitrogen and oxygen atoms in total. The van der Waals surface area contributed by atoms with Gasteiger partial charge in [0.2, 0.25) is 0 Å². The zero-order chi connectivity index (χ0) is 14.3. The minimum Gasteiger partial charge on any atom is -0.481 e. The van der Waals surface area contributed by atoms with Crippen LogP contribution in [0.4, 0.5) is 0 Å². The summed E-state index contributed by atoms with van der Waals surface area (Å²) in [5.74, 6) is 0.230. The van der Waals surface area contributed by atoms with Gasteiger partial charge in [-0.1, -0.05) is 6.92 Å². The third kappa shape index (κ3) is 2.48. The highest BCUT2D eigenvalue weighted by Crippen LogP contribution is 2.49. The van der Waals surface area contributed by atoms with E-state index in [0.717, 1.165) is 38.7 Å². The molecule has 3 rings (SSSR count). The number of carboxylic acid groups (broad SMARTS) is 1. The molecule has 0 aromatic heterocycles. The largest absolute Gasteiger partial charge is 0.481 e. The second-order valence-electron chi connectivity index (χ2n) is 7.23. The maximum absolute atomic E-state index is 11.6. The number of carboxylic acids is 1. The molecule has 2 saturated carbocycles. The summed E-state index contributed by atoms with van der Waals surface area (Å²) in [4.78, 5) is 11.6. The van der Waals surface area contributed by atoms with Crippen LogP contribution in [0.2, 0.25) is 0 Å². The first-order chi connectivity index (χ1) is 9.52. The summed E-state index contributed by atoms with van der Waals surface area (Å²) in [6.45, 7) is 5.14. The highest BCUT2D eigenvalue weighted by molar-refractivity contribution is 5.72. The van der Waals surface area contributed by atoms with E-state index in [0.29, 0.717) is 17.9 Å². The molecule has 4 heteroatoms. The van der Waals surface area contributed by atoms with Gasteiger partial charge in [0.1, 0.15) is 0 Å². The lowest BCUT2D eigenvalue weighted by atomic mass is 9.82. The Labute approximate surface area is 121 Å². The van der Waals surface area contributed by atoms with Crippen molar-refractivity contribution in [2.45, 2.75) is 70.1 Å². The first-order valence-electron chi connectivity index (χ1n) is 8.15. The predicted octanol–water partition coefficient (Wildman–Crippen LogP) is 2.42. The zero-order valence-corrected chi connectivity index (χ0v) is 12.6. The highest BCUT2D eigenvalue weighted by atomic mass is 16.5. The maximum Gasteiger partial charge on any atom is 0.308 e. The predicted molar refractivity (Wildman–Crippen MR) is 76.6 cm³/mol. The Morgan fingerprint density at radius 1 is 1.35 bits per heavy atom. The molecule has 0 aromatic rings. The summed E-state index contributed by atoms with van der Waals surface area (Å²) in [5, 5.41) is 13.2. The summed E-state index contributed by atoms with van der Waals surface area (Å²) in [7, 11) is 0. The van der Waals surface area contributed by atoms with E-state index in [1.807, 2.05) is 0 Å². The Morgan fingerprint density at radius 2 is 2.10 bits per heavy atom. The lowest BCUT2D eigenvalue weighted by Crippen LogP contribution is -2.53. The van der Waals surface area contributed by atoms with E-state index in [9.17, 15) is 9.90 Å². The van der Waals surface area contributed by atoms with Crippen molar-refractivity contribution in [2.24, 2.45) is 17.8 Å². The topological polar surface area (TPSA) is 58.6 Å². The average Bonchev–Trinajstić information content (AvgIpc) is 2.99. The molecular formula is C16H27NO3. The van der Waals surface area contributed by atoms with Gasteiger partial charge in [-0.05, 0) is 57.3 Å². The fraction of sp³-hybridized carbons (Fsp3) is 0.938. The van der Waals surface area contributed by atoms with Gasteiger partial charge in [0.15, 0.2) is 0 Å². The standard InChI is InChI=1S/C16H27NO3/c1-3-16(2)9-12(6-7-20-16)17-14-11-5-4-10(8-11)13(14)15(18)19/h10-14,17H,3-9H2,1-2H3,(H,18,19). The van der Waals surface area contributed by atoms with Crippen LogP contribution in [0.5, 0.6) is 0 Å². The Kier molecular flexibility index (Phi) is 3.80. The van der Waals surface area contributed by atoms with Gasteiger partial charge < -0.3 is 15.2 Å². The van der Waals surface area contributed by atoms with Crippen LogP contribution >= 0.6 is 0 Å². The smallest absolute Gasteiger partial charge is 0.308 e. The van der Waals surface area contributed by atoms with Gasteiger partial charge in [0.25, 0.3) is 0 Å². The van der Waals surface area contributed by atoms with Crippen molar-refractivity contribution in [1.29, 1.82) is 0 Å². The Balaban J connectivity index is 1.66. The molecule has 1 saturated heterocycles. The van der Waals surface area contributed by atoms with Crippen LogP contribution in [0.15, 0.2) is 0 Å². The highest BCUT2D eigenvalue weighted by Gasteiger charge is 2.51. The fourth-order valence-electron chi connectivity index (χ4n) is 4.68. The molecule has 1 aliphatic heterocycles. The number of aliphatic carboxylic acids is 1. The van der Waals surface area contributed by atoms with Crippen LogP contribution in [0.25, 0.3) is 0 Å². The first-order valence-corrected chi connectivity index (χ1v) is 8.15. The van der Waals surface area contributed by atoms with E-state index >= 15 is 0 Å². The second kappa shape index (κ2) is 5.30. The Hall–Kier alpha value is -0.610. The molecule has 1 heterocycles. The molecule has 0 amide bonds. The average molecular weight is 281 g/mol. The normalized spacial score (nSPS) is 47.6. The molecule has 3 fully saturated rings. The zero-order valence-electron chi connectivity index (χ0n) is 12.6. The molecule has 6 unspecified atom stereocenters. The Morgan fingerprint density at radius 3 is 2.80 bits per heavy atom. The molecule has 0 radical (unpaired) electrons. The summed E-state index contributed by atoms with van der Waals surface area (Å²) in [5.41, 5.74) is -0.0355. The minimum absolute atomic E-state index is 0.0355. The fourth-order valence-corrected chi connectivity index (χ4v) is 4.68. The summed E-state index contributed by atoms with van der Waals surface area (Å²) in [6.07, 6.45) is 6.47. The van der Waals surface area contributed by atoms with Crippen LogP contribution in [-0.2, 0) is 9.53 Å². The summed E-state index contributed by atoms with van der Waals surface area (Å²) in [6, 6.07) is 0.607. The van der Waals surface area contributed by atoms with Crippen molar-refractivity contribution >= 4 is 5.97 Å². The third-order valence-corrected chi connectivity index (χ3v) is 5.97. The molecule has 3 aliphatic rings. The van der Waals surface area contributed by atoms with Crippen molar-refractivity contribution in [1.82, 2.24) is 5.32 Å². The van der Waals surface area contributed by atoms with Crippen LogP contribution in [0, 0.1) is 17.8 Å². The summed E-state index contributed by atoms with van der Waals surface area (Å²) >= 11 is 0. The van der Waals surface area contributed by atoms with Gasteiger partial charge in [-0.3, -0.25) is 4.79 Å². The van der Waals surface area contributed by atoms with Gasteiger partial charge in [0.05, 0.1) is 11.5 Å². The number of nitrogens with one attached hydrogen (secondary N) is 1.